The van der Waals surface area contributed by atoms with Gasteiger partial charge in [-0.15, -0.1) is 0 Å². The first-order chi connectivity index (χ1) is 17.6. The Hall–Kier alpha value is -2.16. The van der Waals surface area contributed by atoms with Crippen LogP contribution in [0.1, 0.15) is 93.4 Å². The maximum atomic E-state index is 13.3. The van der Waals surface area contributed by atoms with Gasteiger partial charge in [0.05, 0.1) is 24.3 Å². The average Bonchev–Trinajstić information content (AvgIpc) is 2.84. The predicted molar refractivity (Wildman–Crippen MR) is 145 cm³/mol. The van der Waals surface area contributed by atoms with Crippen LogP contribution in [0.25, 0.3) is 0 Å². The number of rotatable bonds is 1. The van der Waals surface area contributed by atoms with Crippen LogP contribution in [0.15, 0.2) is 16.8 Å². The summed E-state index contributed by atoms with van der Waals surface area (Å²) < 4.78 is 5.29. The van der Waals surface area contributed by atoms with E-state index in [1.165, 1.54) is 7.11 Å². The van der Waals surface area contributed by atoms with Crippen LogP contribution in [0.4, 0.5) is 0 Å². The van der Waals surface area contributed by atoms with Gasteiger partial charge in [-0.25, -0.2) is 0 Å². The number of allylic oxidation sites excluding steroid dienone is 2. The molecule has 5 rings (SSSR count). The Kier molecular flexibility index (Phi) is 6.07. The number of carbonyl (C=O) groups excluding carboxylic acids is 2. The number of hydrogen-bond donors (Lipinski definition) is 1. The van der Waals surface area contributed by atoms with Crippen LogP contribution >= 0.6 is 0 Å². The molecule has 0 aromatic heterocycles. The lowest BCUT2D eigenvalue weighted by atomic mass is 9.32. The first-order valence-electron chi connectivity index (χ1n) is 14.6. The van der Waals surface area contributed by atoms with Crippen molar-refractivity contribution in [3.05, 3.63) is 11.6 Å². The maximum Gasteiger partial charge on any atom is 0.308 e. The first kappa shape index (κ1) is 27.4. The number of nitriles is 1. The summed E-state index contributed by atoms with van der Waals surface area (Å²) in [4.78, 5) is 26.2. The standard InChI is InChI=1S/C32H46N2O4/c1-28(2)15-20-19(21(16-28)27(36)38-8)9-11-32(7)25(20)22(34-37)13-24-30(5)14-18(17-33)26(35)29(3,4)23(30)10-12-31(24,32)6/h14,19-21,23-25,37H,9-13,15-16H2,1-8H3/b34-22-/t19?,20?,21-,23+,24-,25?,30+,31-,32-/m1/s1. The predicted octanol–water partition coefficient (Wildman–Crippen LogP) is 6.58. The number of methoxy groups -OCH3 is 1. The molecule has 0 aromatic rings. The molecule has 0 amide bonds. The van der Waals surface area contributed by atoms with Crippen molar-refractivity contribution in [1.29, 1.82) is 5.26 Å². The highest BCUT2D eigenvalue weighted by Crippen LogP contribution is 2.74. The molecule has 0 aliphatic heterocycles. The van der Waals surface area contributed by atoms with Gasteiger partial charge in [-0.2, -0.15) is 5.26 Å². The van der Waals surface area contributed by atoms with E-state index in [0.29, 0.717) is 6.42 Å². The van der Waals surface area contributed by atoms with E-state index in [1.807, 2.05) is 19.9 Å². The molecular formula is C32H46N2O4. The quantitative estimate of drug-likeness (QED) is 0.238. The summed E-state index contributed by atoms with van der Waals surface area (Å²) in [5, 5.41) is 24.5. The van der Waals surface area contributed by atoms with Crippen LogP contribution in [0.3, 0.4) is 0 Å². The molecule has 0 saturated heterocycles. The monoisotopic (exact) mass is 522 g/mol. The summed E-state index contributed by atoms with van der Waals surface area (Å²) in [5.41, 5.74) is 0.00374. The average molecular weight is 523 g/mol. The van der Waals surface area contributed by atoms with E-state index in [-0.39, 0.29) is 74.5 Å². The third kappa shape index (κ3) is 3.38. The number of esters is 1. The highest BCUT2D eigenvalue weighted by atomic mass is 16.5. The number of ether oxygens (including phenoxy) is 1. The van der Waals surface area contributed by atoms with E-state index in [9.17, 15) is 20.1 Å². The molecule has 38 heavy (non-hydrogen) atoms. The van der Waals surface area contributed by atoms with Crippen LogP contribution in [0, 0.1) is 73.9 Å². The fraction of sp³-hybridized carbons (Fsp3) is 0.812. The summed E-state index contributed by atoms with van der Waals surface area (Å²) >= 11 is 0. The third-order valence-corrected chi connectivity index (χ3v) is 12.9. The molecule has 9 atom stereocenters. The van der Waals surface area contributed by atoms with E-state index >= 15 is 0 Å². The van der Waals surface area contributed by atoms with Gasteiger partial charge in [0, 0.05) is 11.3 Å². The molecule has 208 valence electrons. The number of Topliss-reactive ketones (excluding diaryl/α,β-unsaturated/α-hetero) is 1. The molecule has 1 N–H and O–H groups in total. The van der Waals surface area contributed by atoms with Gasteiger partial charge in [0.25, 0.3) is 0 Å². The van der Waals surface area contributed by atoms with Crippen molar-refractivity contribution in [3.8, 4) is 6.07 Å². The van der Waals surface area contributed by atoms with Crippen LogP contribution in [0.2, 0.25) is 0 Å². The van der Waals surface area contributed by atoms with Gasteiger partial charge in [0.15, 0.2) is 5.78 Å². The molecule has 6 nitrogen and oxygen atoms in total. The van der Waals surface area contributed by atoms with E-state index in [2.05, 4.69) is 45.8 Å². The summed E-state index contributed by atoms with van der Waals surface area (Å²) in [6.07, 6.45) is 8.38. The highest BCUT2D eigenvalue weighted by Gasteiger charge is 2.70. The van der Waals surface area contributed by atoms with Crippen molar-refractivity contribution in [2.45, 2.75) is 93.4 Å². The minimum absolute atomic E-state index is 0.00157. The summed E-state index contributed by atoms with van der Waals surface area (Å²) in [7, 11) is 1.50. The molecule has 0 spiro atoms. The number of carbonyl (C=O) groups is 2. The molecule has 0 aromatic carbocycles. The second-order valence-corrected chi connectivity index (χ2v) is 15.4. The Morgan fingerprint density at radius 3 is 2.29 bits per heavy atom. The molecule has 0 heterocycles. The SMILES string of the molecule is COC(=O)[C@@H]1CC(C)(C)CC2C1CC[C@]1(C)C2/C(=N\O)C[C@@H]2[C@@]3(C)C=C(C#N)C(=O)C(C)(C)[C@@H]3CC[C@]21C. The maximum absolute atomic E-state index is 13.3. The molecular weight excluding hydrogens is 476 g/mol. The zero-order valence-corrected chi connectivity index (χ0v) is 24.6. The molecule has 5 aliphatic rings. The molecule has 6 heteroatoms. The molecule has 0 radical (unpaired) electrons. The fourth-order valence-electron chi connectivity index (χ4n) is 11.2. The summed E-state index contributed by atoms with van der Waals surface area (Å²) in [6.45, 7) is 15.7. The Morgan fingerprint density at radius 2 is 1.68 bits per heavy atom. The Labute approximate surface area is 228 Å². The number of nitrogens with zero attached hydrogens (tertiary/aromatic N) is 2. The van der Waals surface area contributed by atoms with Crippen LogP contribution in [-0.4, -0.2) is 29.8 Å². The topological polar surface area (TPSA) is 99.8 Å². The minimum Gasteiger partial charge on any atom is -0.469 e. The van der Waals surface area contributed by atoms with Crippen molar-refractivity contribution in [2.24, 2.45) is 67.7 Å². The smallest absolute Gasteiger partial charge is 0.308 e. The van der Waals surface area contributed by atoms with E-state index < -0.39 is 5.41 Å². The highest BCUT2D eigenvalue weighted by molar-refractivity contribution is 6.04. The van der Waals surface area contributed by atoms with Crippen LogP contribution < -0.4 is 0 Å². The van der Waals surface area contributed by atoms with Crippen molar-refractivity contribution in [3.63, 3.8) is 0 Å². The second-order valence-electron chi connectivity index (χ2n) is 15.4. The van der Waals surface area contributed by atoms with Crippen molar-refractivity contribution in [1.82, 2.24) is 0 Å². The van der Waals surface area contributed by atoms with Crippen molar-refractivity contribution >= 4 is 17.5 Å². The lowest BCUT2D eigenvalue weighted by molar-refractivity contribution is -0.192. The number of fused-ring (bicyclic) bond motifs is 7. The normalized spacial score (nSPS) is 47.9. The lowest BCUT2D eigenvalue weighted by Crippen LogP contribution is -2.68. The van der Waals surface area contributed by atoms with Gasteiger partial charge < -0.3 is 9.94 Å². The third-order valence-electron chi connectivity index (χ3n) is 12.9. The fourth-order valence-corrected chi connectivity index (χ4v) is 11.2. The zero-order valence-electron chi connectivity index (χ0n) is 24.6. The van der Waals surface area contributed by atoms with E-state index in [0.717, 1.165) is 44.2 Å². The largest absolute Gasteiger partial charge is 0.469 e. The molecule has 3 unspecified atom stereocenters. The number of oxime groups is 1. The van der Waals surface area contributed by atoms with Crippen LogP contribution in [-0.2, 0) is 14.3 Å². The van der Waals surface area contributed by atoms with Gasteiger partial charge in [0.2, 0.25) is 0 Å². The van der Waals surface area contributed by atoms with Crippen LogP contribution in [0.5, 0.6) is 0 Å². The Bertz CT molecular complexity index is 1160. The number of hydrogen-bond acceptors (Lipinski definition) is 6. The Morgan fingerprint density at radius 1 is 1.03 bits per heavy atom. The summed E-state index contributed by atoms with van der Waals surface area (Å²) in [5.74, 6) is 0.600. The molecule has 5 aliphatic carbocycles. The molecule has 0 bridgehead atoms. The van der Waals surface area contributed by atoms with E-state index in [1.54, 1.807) is 0 Å². The molecule has 4 saturated carbocycles. The first-order valence-corrected chi connectivity index (χ1v) is 14.6. The van der Waals surface area contributed by atoms with Crippen molar-refractivity contribution in [2.75, 3.05) is 7.11 Å². The van der Waals surface area contributed by atoms with Crippen molar-refractivity contribution < 1.29 is 19.5 Å². The molecule has 4 fully saturated rings. The van der Waals surface area contributed by atoms with Gasteiger partial charge >= 0.3 is 5.97 Å². The van der Waals surface area contributed by atoms with Gasteiger partial charge in [0.1, 0.15) is 6.07 Å². The van der Waals surface area contributed by atoms with Gasteiger partial charge in [-0.1, -0.05) is 59.7 Å². The van der Waals surface area contributed by atoms with E-state index in [4.69, 9.17) is 4.74 Å². The zero-order chi connectivity index (χ0) is 28.1. The van der Waals surface area contributed by atoms with Gasteiger partial charge in [-0.05, 0) is 90.3 Å². The summed E-state index contributed by atoms with van der Waals surface area (Å²) in [6, 6.07) is 2.22. The minimum atomic E-state index is -0.608. The second kappa shape index (κ2) is 8.42. The van der Waals surface area contributed by atoms with Gasteiger partial charge in [-0.3, -0.25) is 9.59 Å². The Balaban J connectivity index is 1.64. The lowest BCUT2D eigenvalue weighted by Gasteiger charge is -2.71. The number of ketones is 1.